The summed E-state index contributed by atoms with van der Waals surface area (Å²) in [6.07, 6.45) is 0.367. The van der Waals surface area contributed by atoms with Crippen LogP contribution in [0.5, 0.6) is 0 Å². The molecule has 5 heteroatoms. The lowest BCUT2D eigenvalue weighted by atomic mass is 9.99. The molecule has 0 radical (unpaired) electrons. The third-order valence-corrected chi connectivity index (χ3v) is 3.47. The van der Waals surface area contributed by atoms with Gasteiger partial charge in [-0.1, -0.05) is 42.5 Å². The van der Waals surface area contributed by atoms with Gasteiger partial charge in [-0.3, -0.25) is 9.59 Å². The summed E-state index contributed by atoms with van der Waals surface area (Å²) in [6, 6.07) is 15.0. The van der Waals surface area contributed by atoms with Crippen molar-refractivity contribution in [2.75, 3.05) is 6.54 Å². The van der Waals surface area contributed by atoms with E-state index in [9.17, 15) is 19.1 Å². The first kappa shape index (κ1) is 16.7. The van der Waals surface area contributed by atoms with Gasteiger partial charge in [0.1, 0.15) is 5.82 Å². The van der Waals surface area contributed by atoms with Crippen molar-refractivity contribution < 1.29 is 19.1 Å². The van der Waals surface area contributed by atoms with Crippen molar-refractivity contribution in [1.29, 1.82) is 0 Å². The second-order valence-electron chi connectivity index (χ2n) is 5.34. The molecule has 2 N–H and O–H groups in total. The van der Waals surface area contributed by atoms with Crippen molar-refractivity contribution in [3.8, 4) is 0 Å². The second kappa shape index (κ2) is 8.08. The minimum absolute atomic E-state index is 0.0233. The molecule has 4 nitrogen and oxygen atoms in total. The van der Waals surface area contributed by atoms with Gasteiger partial charge in [0.15, 0.2) is 0 Å². The predicted octanol–water partition coefficient (Wildman–Crippen LogP) is 2.43. The average molecular weight is 315 g/mol. The molecule has 0 spiro atoms. The number of carboxylic acid groups (broad SMARTS) is 1. The van der Waals surface area contributed by atoms with Gasteiger partial charge < -0.3 is 10.4 Å². The van der Waals surface area contributed by atoms with Crippen molar-refractivity contribution in [1.82, 2.24) is 5.32 Å². The molecule has 0 aromatic heterocycles. The smallest absolute Gasteiger partial charge is 0.308 e. The summed E-state index contributed by atoms with van der Waals surface area (Å²) >= 11 is 0. The molecule has 120 valence electrons. The van der Waals surface area contributed by atoms with Crippen LogP contribution in [0.4, 0.5) is 4.39 Å². The summed E-state index contributed by atoms with van der Waals surface area (Å²) in [4.78, 5) is 23.2. The van der Waals surface area contributed by atoms with Crippen LogP contribution in [0.2, 0.25) is 0 Å². The second-order valence-corrected chi connectivity index (χ2v) is 5.34. The van der Waals surface area contributed by atoms with Crippen LogP contribution in [0.3, 0.4) is 0 Å². The van der Waals surface area contributed by atoms with Crippen LogP contribution in [-0.2, 0) is 22.4 Å². The van der Waals surface area contributed by atoms with Crippen LogP contribution in [-0.4, -0.2) is 23.5 Å². The lowest BCUT2D eigenvalue weighted by Gasteiger charge is -2.13. The first-order valence-electron chi connectivity index (χ1n) is 7.32. The number of halogens is 1. The van der Waals surface area contributed by atoms with E-state index < -0.39 is 17.7 Å². The number of nitrogens with one attached hydrogen (secondary N) is 1. The summed E-state index contributed by atoms with van der Waals surface area (Å²) in [7, 11) is 0. The van der Waals surface area contributed by atoms with Gasteiger partial charge in [-0.25, -0.2) is 4.39 Å². The van der Waals surface area contributed by atoms with Crippen LogP contribution < -0.4 is 5.32 Å². The number of benzene rings is 2. The van der Waals surface area contributed by atoms with Gasteiger partial charge in [0.2, 0.25) is 5.91 Å². The molecule has 23 heavy (non-hydrogen) atoms. The van der Waals surface area contributed by atoms with Gasteiger partial charge in [0.25, 0.3) is 0 Å². The minimum atomic E-state index is -0.958. The van der Waals surface area contributed by atoms with Crippen molar-refractivity contribution in [3.05, 3.63) is 71.5 Å². The summed E-state index contributed by atoms with van der Waals surface area (Å²) in [5, 5.41) is 11.9. The number of carboxylic acids is 1. The molecule has 2 aromatic carbocycles. The van der Waals surface area contributed by atoms with Crippen LogP contribution >= 0.6 is 0 Å². The van der Waals surface area contributed by atoms with Crippen LogP contribution in [0, 0.1) is 11.7 Å². The number of hydrogen-bond donors (Lipinski definition) is 2. The molecule has 1 amide bonds. The first-order chi connectivity index (χ1) is 11.0. The number of aliphatic carboxylic acids is 1. The SMILES string of the molecule is O=C(Cc1cccc(F)c1)NC[C@H](Cc1ccccc1)C(=O)O. The molecular formula is C18H18FNO3. The molecule has 0 heterocycles. The largest absolute Gasteiger partial charge is 0.481 e. The molecule has 0 saturated carbocycles. The lowest BCUT2D eigenvalue weighted by Crippen LogP contribution is -2.34. The molecule has 1 atom stereocenters. The van der Waals surface area contributed by atoms with E-state index in [1.165, 1.54) is 18.2 Å². The molecule has 0 bridgehead atoms. The Balaban J connectivity index is 1.88. The molecule has 0 unspecified atom stereocenters. The Morgan fingerprint density at radius 2 is 1.74 bits per heavy atom. The molecule has 2 rings (SSSR count). The molecule has 0 aliphatic carbocycles. The van der Waals surface area contributed by atoms with E-state index >= 15 is 0 Å². The molecular weight excluding hydrogens is 297 g/mol. The van der Waals surface area contributed by atoms with Gasteiger partial charge in [0.05, 0.1) is 12.3 Å². The summed E-state index contributed by atoms with van der Waals surface area (Å²) in [5.74, 6) is -2.38. The van der Waals surface area contributed by atoms with E-state index in [0.29, 0.717) is 12.0 Å². The molecule has 0 aliphatic heterocycles. The Morgan fingerprint density at radius 3 is 2.39 bits per heavy atom. The van der Waals surface area contributed by atoms with E-state index in [-0.39, 0.29) is 18.9 Å². The normalized spacial score (nSPS) is 11.7. The zero-order chi connectivity index (χ0) is 16.7. The van der Waals surface area contributed by atoms with Crippen LogP contribution in [0.1, 0.15) is 11.1 Å². The van der Waals surface area contributed by atoms with Gasteiger partial charge >= 0.3 is 5.97 Å². The van der Waals surface area contributed by atoms with Crippen molar-refractivity contribution in [2.24, 2.45) is 5.92 Å². The topological polar surface area (TPSA) is 66.4 Å². The van der Waals surface area contributed by atoms with E-state index in [1.807, 2.05) is 30.3 Å². The quantitative estimate of drug-likeness (QED) is 0.824. The first-order valence-corrected chi connectivity index (χ1v) is 7.32. The van der Waals surface area contributed by atoms with E-state index in [4.69, 9.17) is 0 Å². The molecule has 2 aromatic rings. The van der Waals surface area contributed by atoms with Gasteiger partial charge in [-0.15, -0.1) is 0 Å². The minimum Gasteiger partial charge on any atom is -0.481 e. The Labute approximate surface area is 134 Å². The van der Waals surface area contributed by atoms with Crippen LogP contribution in [0.25, 0.3) is 0 Å². The van der Waals surface area contributed by atoms with E-state index in [1.54, 1.807) is 6.07 Å². The van der Waals surface area contributed by atoms with E-state index in [2.05, 4.69) is 5.32 Å². The highest BCUT2D eigenvalue weighted by atomic mass is 19.1. The Bertz CT molecular complexity index is 673. The maximum Gasteiger partial charge on any atom is 0.308 e. The van der Waals surface area contributed by atoms with Gasteiger partial charge in [0, 0.05) is 6.54 Å². The lowest BCUT2D eigenvalue weighted by molar-refractivity contribution is -0.141. The fourth-order valence-electron chi connectivity index (χ4n) is 2.28. The third kappa shape index (κ3) is 5.54. The number of hydrogen-bond acceptors (Lipinski definition) is 2. The highest BCUT2D eigenvalue weighted by molar-refractivity contribution is 5.79. The Morgan fingerprint density at radius 1 is 1.04 bits per heavy atom. The monoisotopic (exact) mass is 315 g/mol. The van der Waals surface area contributed by atoms with E-state index in [0.717, 1.165) is 5.56 Å². The zero-order valence-electron chi connectivity index (χ0n) is 12.5. The van der Waals surface area contributed by atoms with Crippen molar-refractivity contribution in [3.63, 3.8) is 0 Å². The maximum absolute atomic E-state index is 13.1. The number of rotatable bonds is 7. The summed E-state index contributed by atoms with van der Waals surface area (Å²) in [5.41, 5.74) is 1.46. The number of amides is 1. The standard InChI is InChI=1S/C18H18FNO3/c19-16-8-4-7-14(10-16)11-17(21)20-12-15(18(22)23)9-13-5-2-1-3-6-13/h1-8,10,15H,9,11-12H2,(H,20,21)(H,22,23)/t15-/m0/s1. The zero-order valence-corrected chi connectivity index (χ0v) is 12.5. The van der Waals surface area contributed by atoms with Crippen molar-refractivity contribution in [2.45, 2.75) is 12.8 Å². The van der Waals surface area contributed by atoms with Gasteiger partial charge in [-0.2, -0.15) is 0 Å². The third-order valence-electron chi connectivity index (χ3n) is 3.47. The highest BCUT2D eigenvalue weighted by Gasteiger charge is 2.19. The maximum atomic E-state index is 13.1. The molecule has 0 aliphatic rings. The Kier molecular flexibility index (Phi) is 5.86. The van der Waals surface area contributed by atoms with Gasteiger partial charge in [-0.05, 0) is 29.7 Å². The molecule has 0 fully saturated rings. The van der Waals surface area contributed by atoms with Crippen LogP contribution in [0.15, 0.2) is 54.6 Å². The predicted molar refractivity (Wildman–Crippen MR) is 84.4 cm³/mol. The number of carbonyl (C=O) groups is 2. The fraction of sp³-hybridized carbons (Fsp3) is 0.222. The van der Waals surface area contributed by atoms with Crippen molar-refractivity contribution >= 4 is 11.9 Å². The summed E-state index contributed by atoms with van der Waals surface area (Å²) in [6.45, 7) is 0.0401. The summed E-state index contributed by atoms with van der Waals surface area (Å²) < 4.78 is 13.1. The average Bonchev–Trinajstić information content (AvgIpc) is 2.52. The Hall–Kier alpha value is -2.69. The highest BCUT2D eigenvalue weighted by Crippen LogP contribution is 2.09. The number of carbonyl (C=O) groups excluding carboxylic acids is 1. The molecule has 0 saturated heterocycles. The fourth-order valence-corrected chi connectivity index (χ4v) is 2.28.